The second kappa shape index (κ2) is 5.63. The van der Waals surface area contributed by atoms with Crippen LogP contribution in [0.25, 0.3) is 0 Å². The van der Waals surface area contributed by atoms with E-state index in [2.05, 4.69) is 26.6 Å². The molecule has 2 aliphatic rings. The summed E-state index contributed by atoms with van der Waals surface area (Å²) < 4.78 is 0. The Labute approximate surface area is 119 Å². The first kappa shape index (κ1) is 13.1. The summed E-state index contributed by atoms with van der Waals surface area (Å²) >= 11 is 1.77. The summed E-state index contributed by atoms with van der Waals surface area (Å²) in [6, 6.07) is 3.31. The van der Waals surface area contributed by atoms with Crippen LogP contribution in [0.4, 0.5) is 0 Å². The van der Waals surface area contributed by atoms with Gasteiger partial charge in [-0.3, -0.25) is 9.69 Å². The van der Waals surface area contributed by atoms with E-state index in [4.69, 9.17) is 0 Å². The number of carbonyl (C=O) groups is 1. The van der Waals surface area contributed by atoms with Crippen molar-refractivity contribution < 1.29 is 4.79 Å². The Kier molecular flexibility index (Phi) is 3.89. The van der Waals surface area contributed by atoms with Crippen molar-refractivity contribution in [3.8, 4) is 0 Å². The van der Waals surface area contributed by atoms with Gasteiger partial charge < -0.3 is 4.90 Å². The second-order valence-corrected chi connectivity index (χ2v) is 6.58. The molecule has 1 aliphatic heterocycles. The summed E-state index contributed by atoms with van der Waals surface area (Å²) in [7, 11) is 0. The average molecular weight is 278 g/mol. The fourth-order valence-electron chi connectivity index (χ4n) is 3.08. The van der Waals surface area contributed by atoms with Crippen LogP contribution in [0.5, 0.6) is 0 Å². The van der Waals surface area contributed by atoms with Crippen LogP contribution >= 0.6 is 11.3 Å². The fraction of sp³-hybridized carbons (Fsp3) is 0.667. The predicted molar refractivity (Wildman–Crippen MR) is 78.2 cm³/mol. The summed E-state index contributed by atoms with van der Waals surface area (Å²) in [5, 5.41) is 4.38. The lowest BCUT2D eigenvalue weighted by atomic mass is 10.2. The Morgan fingerprint density at radius 3 is 2.95 bits per heavy atom. The lowest BCUT2D eigenvalue weighted by molar-refractivity contribution is -0.130. The van der Waals surface area contributed by atoms with E-state index >= 15 is 0 Å². The molecular formula is C15H22N2OS. The molecule has 0 bridgehead atoms. The fourth-order valence-corrected chi connectivity index (χ4v) is 3.74. The first-order valence-electron chi connectivity index (χ1n) is 7.26. The third-order valence-electron chi connectivity index (χ3n) is 4.26. The molecule has 19 heavy (non-hydrogen) atoms. The Bertz CT molecular complexity index is 427. The SMILES string of the molecule is CC(=O)N(CC1CCCN1Cc1ccsc1)C1CC1. The smallest absolute Gasteiger partial charge is 0.219 e. The molecule has 1 saturated carbocycles. The van der Waals surface area contributed by atoms with E-state index in [0.717, 1.165) is 13.1 Å². The van der Waals surface area contributed by atoms with Gasteiger partial charge in [0.05, 0.1) is 0 Å². The highest BCUT2D eigenvalue weighted by molar-refractivity contribution is 7.07. The molecule has 0 N–H and O–H groups in total. The zero-order valence-corrected chi connectivity index (χ0v) is 12.4. The zero-order valence-electron chi connectivity index (χ0n) is 11.5. The van der Waals surface area contributed by atoms with Gasteiger partial charge in [0.25, 0.3) is 0 Å². The van der Waals surface area contributed by atoms with Crippen LogP contribution in [-0.2, 0) is 11.3 Å². The molecule has 2 heterocycles. The van der Waals surface area contributed by atoms with E-state index in [-0.39, 0.29) is 5.91 Å². The Morgan fingerprint density at radius 1 is 1.47 bits per heavy atom. The van der Waals surface area contributed by atoms with Crippen LogP contribution in [0.1, 0.15) is 38.2 Å². The Balaban J connectivity index is 1.60. The molecule has 104 valence electrons. The maximum atomic E-state index is 11.7. The monoisotopic (exact) mass is 278 g/mol. The third kappa shape index (κ3) is 3.18. The molecule has 1 aliphatic carbocycles. The van der Waals surface area contributed by atoms with E-state index in [1.54, 1.807) is 18.3 Å². The minimum absolute atomic E-state index is 0.255. The lowest BCUT2D eigenvalue weighted by Gasteiger charge is -2.30. The summed E-state index contributed by atoms with van der Waals surface area (Å²) in [5.41, 5.74) is 1.41. The van der Waals surface area contributed by atoms with Crippen molar-refractivity contribution in [1.29, 1.82) is 0 Å². The molecular weight excluding hydrogens is 256 g/mol. The van der Waals surface area contributed by atoms with Gasteiger partial charge in [0.15, 0.2) is 0 Å². The molecule has 1 aromatic heterocycles. The molecule has 4 heteroatoms. The number of hydrogen-bond acceptors (Lipinski definition) is 3. The van der Waals surface area contributed by atoms with Crippen LogP contribution < -0.4 is 0 Å². The number of thiophene rings is 1. The van der Waals surface area contributed by atoms with Crippen molar-refractivity contribution in [2.24, 2.45) is 0 Å². The molecule has 0 aromatic carbocycles. The van der Waals surface area contributed by atoms with Crippen molar-refractivity contribution in [2.45, 2.75) is 51.2 Å². The van der Waals surface area contributed by atoms with Gasteiger partial charge in [0, 0.05) is 32.1 Å². The van der Waals surface area contributed by atoms with Crippen molar-refractivity contribution >= 4 is 17.2 Å². The van der Waals surface area contributed by atoms with E-state index < -0.39 is 0 Å². The van der Waals surface area contributed by atoms with Crippen molar-refractivity contribution in [2.75, 3.05) is 13.1 Å². The van der Waals surface area contributed by atoms with Gasteiger partial charge >= 0.3 is 0 Å². The molecule has 1 saturated heterocycles. The van der Waals surface area contributed by atoms with E-state index in [1.807, 2.05) is 0 Å². The molecule has 2 fully saturated rings. The first-order chi connectivity index (χ1) is 9.24. The average Bonchev–Trinajstić information content (AvgIpc) is 2.91. The van der Waals surface area contributed by atoms with Gasteiger partial charge in [0.2, 0.25) is 5.91 Å². The zero-order chi connectivity index (χ0) is 13.2. The van der Waals surface area contributed by atoms with Crippen LogP contribution in [0, 0.1) is 0 Å². The number of hydrogen-bond donors (Lipinski definition) is 0. The molecule has 1 atom stereocenters. The summed E-state index contributed by atoms with van der Waals surface area (Å²) in [6.07, 6.45) is 4.92. The lowest BCUT2D eigenvalue weighted by Crippen LogP contribution is -2.43. The predicted octanol–water partition coefficient (Wildman–Crippen LogP) is 2.72. The highest BCUT2D eigenvalue weighted by atomic mass is 32.1. The van der Waals surface area contributed by atoms with Crippen molar-refractivity contribution in [3.63, 3.8) is 0 Å². The van der Waals surface area contributed by atoms with Crippen LogP contribution in [0.15, 0.2) is 16.8 Å². The Morgan fingerprint density at radius 2 is 2.32 bits per heavy atom. The number of carbonyl (C=O) groups excluding carboxylic acids is 1. The minimum Gasteiger partial charge on any atom is -0.338 e. The molecule has 0 radical (unpaired) electrons. The quantitative estimate of drug-likeness (QED) is 0.827. The van der Waals surface area contributed by atoms with E-state index in [0.29, 0.717) is 12.1 Å². The molecule has 1 unspecified atom stereocenters. The molecule has 1 aromatic rings. The highest BCUT2D eigenvalue weighted by Crippen LogP contribution is 2.29. The second-order valence-electron chi connectivity index (χ2n) is 5.80. The number of likely N-dealkylation sites (tertiary alicyclic amines) is 1. The van der Waals surface area contributed by atoms with E-state index in [9.17, 15) is 4.79 Å². The van der Waals surface area contributed by atoms with Gasteiger partial charge in [-0.15, -0.1) is 0 Å². The number of nitrogens with zero attached hydrogens (tertiary/aromatic N) is 2. The maximum absolute atomic E-state index is 11.7. The van der Waals surface area contributed by atoms with Crippen LogP contribution in [0.2, 0.25) is 0 Å². The van der Waals surface area contributed by atoms with E-state index in [1.165, 1.54) is 37.8 Å². The summed E-state index contributed by atoms with van der Waals surface area (Å²) in [4.78, 5) is 16.4. The van der Waals surface area contributed by atoms with Gasteiger partial charge in [-0.1, -0.05) is 0 Å². The van der Waals surface area contributed by atoms with Gasteiger partial charge in [0.1, 0.15) is 0 Å². The molecule has 3 rings (SSSR count). The van der Waals surface area contributed by atoms with Crippen molar-refractivity contribution in [1.82, 2.24) is 9.80 Å². The molecule has 1 amide bonds. The van der Waals surface area contributed by atoms with Gasteiger partial charge in [-0.05, 0) is 54.6 Å². The minimum atomic E-state index is 0.255. The van der Waals surface area contributed by atoms with Crippen molar-refractivity contribution in [3.05, 3.63) is 22.4 Å². The van der Waals surface area contributed by atoms with Gasteiger partial charge in [-0.2, -0.15) is 11.3 Å². The number of amides is 1. The van der Waals surface area contributed by atoms with Crippen LogP contribution in [0.3, 0.4) is 0 Å². The third-order valence-corrected chi connectivity index (χ3v) is 5.00. The summed E-state index contributed by atoms with van der Waals surface area (Å²) in [6.45, 7) is 4.88. The van der Waals surface area contributed by atoms with Crippen LogP contribution in [-0.4, -0.2) is 40.9 Å². The molecule has 0 spiro atoms. The summed E-state index contributed by atoms with van der Waals surface area (Å²) in [5.74, 6) is 0.255. The number of rotatable bonds is 5. The standard InChI is InChI=1S/C15H22N2OS/c1-12(18)17(14-4-5-14)10-15-3-2-7-16(15)9-13-6-8-19-11-13/h6,8,11,14-15H,2-5,7,9-10H2,1H3. The first-order valence-corrected chi connectivity index (χ1v) is 8.20. The highest BCUT2D eigenvalue weighted by Gasteiger charge is 2.35. The maximum Gasteiger partial charge on any atom is 0.219 e. The largest absolute Gasteiger partial charge is 0.338 e. The topological polar surface area (TPSA) is 23.6 Å². The van der Waals surface area contributed by atoms with Gasteiger partial charge in [-0.25, -0.2) is 0 Å². The molecule has 3 nitrogen and oxygen atoms in total. The Hall–Kier alpha value is -0.870. The normalized spacial score (nSPS) is 23.7.